The van der Waals surface area contributed by atoms with Gasteiger partial charge in [0.2, 0.25) is 17.7 Å². The molecule has 0 radical (unpaired) electrons. The van der Waals surface area contributed by atoms with Gasteiger partial charge in [-0.05, 0) is 26.3 Å². The van der Waals surface area contributed by atoms with Gasteiger partial charge >= 0.3 is 0 Å². The fourth-order valence-corrected chi connectivity index (χ4v) is 4.57. The molecule has 2 aliphatic heterocycles. The van der Waals surface area contributed by atoms with Crippen LogP contribution in [-0.2, 0) is 16.1 Å². The average Bonchev–Trinajstić information content (AvgIpc) is 3.03. The molecule has 0 aliphatic carbocycles. The normalized spacial score (nSPS) is 26.3. The van der Waals surface area contributed by atoms with Crippen LogP contribution in [0.4, 0.5) is 0 Å². The number of ether oxygens (including phenoxy) is 1. The monoisotopic (exact) mass is 335 g/mol. The van der Waals surface area contributed by atoms with E-state index in [1.165, 1.54) is 0 Å². The Bertz CT molecular complexity index is 624. The van der Waals surface area contributed by atoms with Gasteiger partial charge in [-0.15, -0.1) is 11.8 Å². The van der Waals surface area contributed by atoms with Crippen molar-refractivity contribution in [3.05, 3.63) is 23.9 Å². The molecule has 1 aromatic heterocycles. The zero-order valence-electron chi connectivity index (χ0n) is 13.4. The molecule has 1 aromatic rings. The van der Waals surface area contributed by atoms with Crippen molar-refractivity contribution in [2.24, 2.45) is 0 Å². The summed E-state index contributed by atoms with van der Waals surface area (Å²) in [6.45, 7) is 4.82. The van der Waals surface area contributed by atoms with E-state index >= 15 is 0 Å². The van der Waals surface area contributed by atoms with Gasteiger partial charge in [0.05, 0.1) is 11.5 Å². The lowest BCUT2D eigenvalue weighted by Gasteiger charge is -2.29. The molecule has 2 aliphatic rings. The van der Waals surface area contributed by atoms with E-state index in [4.69, 9.17) is 4.74 Å². The Morgan fingerprint density at radius 2 is 2.43 bits per heavy atom. The highest BCUT2D eigenvalue weighted by Gasteiger charge is 2.52. The molecule has 2 atom stereocenters. The molecule has 2 saturated heterocycles. The summed E-state index contributed by atoms with van der Waals surface area (Å²) in [7, 11) is 0. The Morgan fingerprint density at radius 3 is 3.22 bits per heavy atom. The third-order valence-electron chi connectivity index (χ3n) is 4.33. The number of carbonyl (C=O) groups is 2. The van der Waals surface area contributed by atoms with Gasteiger partial charge in [-0.3, -0.25) is 9.59 Å². The minimum absolute atomic E-state index is 0.0778. The molecule has 2 amide bonds. The fraction of sp³-hybridized carbons (Fsp3) is 0.562. The smallest absolute Gasteiger partial charge is 0.243 e. The molecule has 23 heavy (non-hydrogen) atoms. The summed E-state index contributed by atoms with van der Waals surface area (Å²) in [5.74, 6) is 1.16. The first-order valence-corrected chi connectivity index (χ1v) is 8.84. The number of amides is 2. The number of hydrogen-bond acceptors (Lipinski definition) is 5. The lowest BCUT2D eigenvalue weighted by molar-refractivity contribution is -0.138. The molecule has 0 aromatic carbocycles. The lowest BCUT2D eigenvalue weighted by Crippen LogP contribution is -2.49. The molecule has 0 saturated carbocycles. The zero-order valence-corrected chi connectivity index (χ0v) is 14.2. The van der Waals surface area contributed by atoms with E-state index in [2.05, 4.69) is 10.3 Å². The first-order chi connectivity index (χ1) is 11.0. The van der Waals surface area contributed by atoms with Gasteiger partial charge in [-0.25, -0.2) is 4.98 Å². The zero-order chi connectivity index (χ0) is 16.4. The van der Waals surface area contributed by atoms with Crippen LogP contribution in [-0.4, -0.2) is 45.0 Å². The second-order valence-corrected chi connectivity index (χ2v) is 7.39. The summed E-state index contributed by atoms with van der Waals surface area (Å²) in [6.07, 6.45) is 3.01. The molecular weight excluding hydrogens is 314 g/mol. The quantitative estimate of drug-likeness (QED) is 0.884. The first kappa shape index (κ1) is 16.1. The Kier molecular flexibility index (Phi) is 4.48. The van der Waals surface area contributed by atoms with Crippen molar-refractivity contribution in [1.82, 2.24) is 15.2 Å². The van der Waals surface area contributed by atoms with Crippen LogP contribution in [0, 0.1) is 0 Å². The van der Waals surface area contributed by atoms with Crippen LogP contribution < -0.4 is 10.1 Å². The van der Waals surface area contributed by atoms with Gasteiger partial charge in [0.15, 0.2) is 0 Å². The van der Waals surface area contributed by atoms with Gasteiger partial charge in [-0.2, -0.15) is 0 Å². The molecule has 2 fully saturated rings. The number of carbonyl (C=O) groups excluding carboxylic acids is 2. The summed E-state index contributed by atoms with van der Waals surface area (Å²) in [6, 6.07) is 3.32. The third kappa shape index (κ3) is 3.02. The van der Waals surface area contributed by atoms with E-state index in [1.54, 1.807) is 22.9 Å². The lowest BCUT2D eigenvalue weighted by atomic mass is 10.2. The summed E-state index contributed by atoms with van der Waals surface area (Å²) >= 11 is 1.70. The van der Waals surface area contributed by atoms with Crippen LogP contribution in [0.1, 0.15) is 32.3 Å². The number of fused-ring (bicyclic) bond motifs is 1. The number of aromatic nitrogens is 1. The standard InChI is InChI=1S/C16H21N3O3S/c1-3-22-15-11(5-4-8-17-15)9-18-14(21)12-10-23-16(2)7-6-13(20)19(12)16/h4-5,8,12H,3,6-7,9-10H2,1-2H3,(H,18,21)/t12-,16+/m1/s1. The summed E-state index contributed by atoms with van der Waals surface area (Å²) in [5, 5.41) is 2.92. The summed E-state index contributed by atoms with van der Waals surface area (Å²) in [4.78, 5) is 30.4. The molecule has 1 N–H and O–H groups in total. The molecule has 3 rings (SSSR count). The Hall–Kier alpha value is -1.76. The van der Waals surface area contributed by atoms with Crippen LogP contribution >= 0.6 is 11.8 Å². The third-order valence-corrected chi connectivity index (χ3v) is 5.84. The second kappa shape index (κ2) is 6.39. The van der Waals surface area contributed by atoms with Crippen molar-refractivity contribution in [2.75, 3.05) is 12.4 Å². The largest absolute Gasteiger partial charge is 0.478 e. The highest BCUT2D eigenvalue weighted by Crippen LogP contribution is 2.47. The summed E-state index contributed by atoms with van der Waals surface area (Å²) in [5.41, 5.74) is 0.837. The number of rotatable bonds is 5. The van der Waals surface area contributed by atoms with Crippen molar-refractivity contribution >= 4 is 23.6 Å². The van der Waals surface area contributed by atoms with E-state index in [0.29, 0.717) is 31.2 Å². The highest BCUT2D eigenvalue weighted by molar-refractivity contribution is 8.01. The van der Waals surface area contributed by atoms with Crippen LogP contribution in [0.25, 0.3) is 0 Å². The van der Waals surface area contributed by atoms with E-state index in [0.717, 1.165) is 12.0 Å². The predicted octanol–water partition coefficient (Wildman–Crippen LogP) is 1.55. The van der Waals surface area contributed by atoms with E-state index < -0.39 is 0 Å². The van der Waals surface area contributed by atoms with Gasteiger partial charge in [0, 0.05) is 30.5 Å². The Balaban J connectivity index is 1.65. The number of nitrogens with zero attached hydrogens (tertiary/aromatic N) is 2. The topological polar surface area (TPSA) is 71.5 Å². The number of hydrogen-bond donors (Lipinski definition) is 1. The van der Waals surface area contributed by atoms with Crippen molar-refractivity contribution in [2.45, 2.75) is 44.1 Å². The second-order valence-electron chi connectivity index (χ2n) is 5.88. The Labute approximate surface area is 140 Å². The first-order valence-electron chi connectivity index (χ1n) is 7.85. The number of thioether (sulfide) groups is 1. The molecule has 124 valence electrons. The average molecular weight is 335 g/mol. The molecular formula is C16H21N3O3S. The maximum absolute atomic E-state index is 12.5. The molecule has 0 bridgehead atoms. The van der Waals surface area contributed by atoms with Gasteiger partial charge in [0.1, 0.15) is 6.04 Å². The fourth-order valence-electron chi connectivity index (χ4n) is 3.14. The molecule has 7 heteroatoms. The molecule has 0 spiro atoms. The molecule has 3 heterocycles. The minimum atomic E-state index is -0.382. The molecule has 6 nitrogen and oxygen atoms in total. The minimum Gasteiger partial charge on any atom is -0.478 e. The highest BCUT2D eigenvalue weighted by atomic mass is 32.2. The van der Waals surface area contributed by atoms with Gasteiger partial charge < -0.3 is 15.0 Å². The van der Waals surface area contributed by atoms with Crippen LogP contribution in [0.3, 0.4) is 0 Å². The van der Waals surface area contributed by atoms with Crippen LogP contribution in [0.5, 0.6) is 5.88 Å². The number of pyridine rings is 1. The van der Waals surface area contributed by atoms with Crippen LogP contribution in [0.15, 0.2) is 18.3 Å². The van der Waals surface area contributed by atoms with Crippen molar-refractivity contribution < 1.29 is 14.3 Å². The molecule has 0 unspecified atom stereocenters. The van der Waals surface area contributed by atoms with E-state index in [1.807, 2.05) is 26.0 Å². The maximum Gasteiger partial charge on any atom is 0.243 e. The number of nitrogens with one attached hydrogen (secondary N) is 1. The predicted molar refractivity (Wildman–Crippen MR) is 88.0 cm³/mol. The van der Waals surface area contributed by atoms with Crippen molar-refractivity contribution in [3.63, 3.8) is 0 Å². The van der Waals surface area contributed by atoms with Crippen molar-refractivity contribution in [1.29, 1.82) is 0 Å². The van der Waals surface area contributed by atoms with Crippen molar-refractivity contribution in [3.8, 4) is 5.88 Å². The van der Waals surface area contributed by atoms with Gasteiger partial charge in [0.25, 0.3) is 0 Å². The SMILES string of the molecule is CCOc1ncccc1CNC(=O)[C@H]1CS[C@@]2(C)CCC(=O)N12. The summed E-state index contributed by atoms with van der Waals surface area (Å²) < 4.78 is 5.47. The van der Waals surface area contributed by atoms with E-state index in [9.17, 15) is 9.59 Å². The van der Waals surface area contributed by atoms with Crippen LogP contribution in [0.2, 0.25) is 0 Å². The Morgan fingerprint density at radius 1 is 1.61 bits per heavy atom. The van der Waals surface area contributed by atoms with Gasteiger partial charge in [-0.1, -0.05) is 6.07 Å². The van der Waals surface area contributed by atoms with E-state index in [-0.39, 0.29) is 22.7 Å². The maximum atomic E-state index is 12.5.